The van der Waals surface area contributed by atoms with Gasteiger partial charge in [-0.2, -0.15) is 0 Å². The maximum absolute atomic E-state index is 5.89. The molecule has 5 nitrogen and oxygen atoms in total. The van der Waals surface area contributed by atoms with Crippen molar-refractivity contribution in [3.05, 3.63) is 0 Å². The van der Waals surface area contributed by atoms with E-state index in [0.717, 1.165) is 31.5 Å². The quantitative estimate of drug-likeness (QED) is 0.607. The van der Waals surface area contributed by atoms with Crippen molar-refractivity contribution in [3.63, 3.8) is 0 Å². The molecule has 0 spiro atoms. The number of aliphatic imine (C=N–C) groups is 1. The Morgan fingerprint density at radius 1 is 1.29 bits per heavy atom. The first-order chi connectivity index (χ1) is 10.3. The number of guanidine groups is 1. The van der Waals surface area contributed by atoms with Crippen LogP contribution >= 0.6 is 0 Å². The highest BCUT2D eigenvalue weighted by molar-refractivity contribution is 5.80. The van der Waals surface area contributed by atoms with Crippen molar-refractivity contribution < 1.29 is 4.74 Å². The van der Waals surface area contributed by atoms with Crippen molar-refractivity contribution in [3.8, 4) is 0 Å². The van der Waals surface area contributed by atoms with Crippen molar-refractivity contribution in [2.75, 3.05) is 26.7 Å². The number of hydrogen-bond acceptors (Lipinski definition) is 3. The second-order valence-electron chi connectivity index (χ2n) is 6.74. The maximum atomic E-state index is 5.89. The van der Waals surface area contributed by atoms with Gasteiger partial charge in [-0.05, 0) is 45.6 Å². The average molecular weight is 294 g/mol. The maximum Gasteiger partial charge on any atom is 0.191 e. The topological polar surface area (TPSA) is 48.9 Å². The first kappa shape index (κ1) is 15.1. The minimum Gasteiger partial charge on any atom is -0.373 e. The molecule has 0 aromatic carbocycles. The largest absolute Gasteiger partial charge is 0.373 e. The van der Waals surface area contributed by atoms with Crippen molar-refractivity contribution in [1.82, 2.24) is 15.5 Å². The number of fused-ring (bicyclic) bond motifs is 2. The van der Waals surface area contributed by atoms with Crippen molar-refractivity contribution in [2.24, 2.45) is 4.99 Å². The Kier molecular flexibility index (Phi) is 5.01. The van der Waals surface area contributed by atoms with Crippen LogP contribution < -0.4 is 10.6 Å². The molecule has 3 heterocycles. The van der Waals surface area contributed by atoms with Gasteiger partial charge in [0.05, 0.1) is 18.2 Å². The average Bonchev–Trinajstić information content (AvgIpc) is 3.10. The Morgan fingerprint density at radius 3 is 2.86 bits per heavy atom. The molecule has 0 amide bonds. The summed E-state index contributed by atoms with van der Waals surface area (Å²) in [6.45, 7) is 5.66. The molecule has 21 heavy (non-hydrogen) atoms. The smallest absolute Gasteiger partial charge is 0.191 e. The molecular formula is C16H30N4O. The summed E-state index contributed by atoms with van der Waals surface area (Å²) < 4.78 is 5.89. The van der Waals surface area contributed by atoms with Gasteiger partial charge in [0.25, 0.3) is 0 Å². The number of hydrogen-bond donors (Lipinski definition) is 2. The third-order valence-corrected chi connectivity index (χ3v) is 5.28. The summed E-state index contributed by atoms with van der Waals surface area (Å²) in [5, 5.41) is 7.01. The molecule has 0 radical (unpaired) electrons. The van der Waals surface area contributed by atoms with Crippen molar-refractivity contribution in [1.29, 1.82) is 0 Å². The fraction of sp³-hybridized carbons (Fsp3) is 0.938. The third-order valence-electron chi connectivity index (χ3n) is 5.28. The highest BCUT2D eigenvalue weighted by Gasteiger charge is 2.41. The molecule has 4 unspecified atom stereocenters. The Hall–Kier alpha value is -0.810. The standard InChI is InChI=1S/C16H30N4O/c1-12-5-3-4-9-20(12)10-8-18-16(17-2)19-14-11-13-6-7-15(14)21-13/h12-15H,3-11H2,1-2H3,(H2,17,18,19). The normalized spacial score (nSPS) is 37.0. The van der Waals surface area contributed by atoms with Gasteiger partial charge in [0, 0.05) is 26.2 Å². The van der Waals surface area contributed by atoms with Crippen LogP contribution in [-0.2, 0) is 4.74 Å². The van der Waals surface area contributed by atoms with E-state index in [1.165, 1.54) is 38.6 Å². The first-order valence-electron chi connectivity index (χ1n) is 8.63. The lowest BCUT2D eigenvalue weighted by molar-refractivity contribution is 0.0992. The highest BCUT2D eigenvalue weighted by Crippen LogP contribution is 2.34. The molecule has 3 saturated heterocycles. The molecule has 4 atom stereocenters. The minimum atomic E-state index is 0.399. The molecule has 0 aromatic heterocycles. The van der Waals surface area contributed by atoms with Crippen LogP contribution in [0.2, 0.25) is 0 Å². The molecule has 5 heteroatoms. The highest BCUT2D eigenvalue weighted by atomic mass is 16.5. The second kappa shape index (κ2) is 6.97. The molecule has 2 N–H and O–H groups in total. The zero-order chi connectivity index (χ0) is 14.7. The Bertz CT molecular complexity index is 373. The van der Waals surface area contributed by atoms with E-state index in [-0.39, 0.29) is 0 Å². The van der Waals surface area contributed by atoms with E-state index in [2.05, 4.69) is 27.4 Å². The van der Waals surface area contributed by atoms with Crippen LogP contribution in [0, 0.1) is 0 Å². The number of nitrogens with zero attached hydrogens (tertiary/aromatic N) is 2. The summed E-state index contributed by atoms with van der Waals surface area (Å²) >= 11 is 0. The number of ether oxygens (including phenoxy) is 1. The van der Waals surface area contributed by atoms with Crippen LogP contribution in [0.5, 0.6) is 0 Å². The number of piperidine rings is 1. The molecule has 120 valence electrons. The Labute approximate surface area is 128 Å². The molecule has 0 saturated carbocycles. The molecule has 3 aliphatic heterocycles. The lowest BCUT2D eigenvalue weighted by Gasteiger charge is -2.33. The van der Waals surface area contributed by atoms with Gasteiger partial charge in [-0.3, -0.25) is 9.89 Å². The summed E-state index contributed by atoms with van der Waals surface area (Å²) in [5.41, 5.74) is 0. The predicted molar refractivity (Wildman–Crippen MR) is 85.7 cm³/mol. The Balaban J connectivity index is 1.39. The van der Waals surface area contributed by atoms with Crippen LogP contribution in [0.4, 0.5) is 0 Å². The van der Waals surface area contributed by atoms with E-state index >= 15 is 0 Å². The van der Waals surface area contributed by atoms with Gasteiger partial charge >= 0.3 is 0 Å². The number of likely N-dealkylation sites (tertiary alicyclic amines) is 1. The van der Waals surface area contributed by atoms with Gasteiger partial charge in [-0.1, -0.05) is 6.42 Å². The summed E-state index contributed by atoms with van der Waals surface area (Å²) in [4.78, 5) is 6.94. The SMILES string of the molecule is CN=C(NCCN1CCCCC1C)NC1CC2CCC1O2. The van der Waals surface area contributed by atoms with Gasteiger partial charge in [0.2, 0.25) is 0 Å². The van der Waals surface area contributed by atoms with Gasteiger partial charge in [-0.15, -0.1) is 0 Å². The van der Waals surface area contributed by atoms with Crippen LogP contribution in [0.1, 0.15) is 45.4 Å². The van der Waals surface area contributed by atoms with Gasteiger partial charge in [0.1, 0.15) is 0 Å². The zero-order valence-corrected chi connectivity index (χ0v) is 13.5. The van der Waals surface area contributed by atoms with Crippen LogP contribution in [0.3, 0.4) is 0 Å². The van der Waals surface area contributed by atoms with E-state index in [4.69, 9.17) is 4.74 Å². The molecule has 0 aliphatic carbocycles. The fourth-order valence-electron chi connectivity index (χ4n) is 3.97. The minimum absolute atomic E-state index is 0.399. The number of nitrogens with one attached hydrogen (secondary N) is 2. The van der Waals surface area contributed by atoms with E-state index in [1.807, 2.05) is 7.05 Å². The number of rotatable bonds is 4. The monoisotopic (exact) mass is 294 g/mol. The van der Waals surface area contributed by atoms with Crippen LogP contribution in [-0.4, -0.2) is 61.8 Å². The van der Waals surface area contributed by atoms with E-state index in [0.29, 0.717) is 18.2 Å². The fourth-order valence-corrected chi connectivity index (χ4v) is 3.97. The molecule has 3 aliphatic rings. The lowest BCUT2D eigenvalue weighted by Crippen LogP contribution is -2.49. The molecule has 3 fully saturated rings. The summed E-state index contributed by atoms with van der Waals surface area (Å²) in [6.07, 6.45) is 8.53. The summed E-state index contributed by atoms with van der Waals surface area (Å²) in [7, 11) is 1.85. The van der Waals surface area contributed by atoms with Gasteiger partial charge in [0.15, 0.2) is 5.96 Å². The van der Waals surface area contributed by atoms with E-state index in [9.17, 15) is 0 Å². The molecule has 0 aromatic rings. The van der Waals surface area contributed by atoms with Crippen molar-refractivity contribution in [2.45, 2.75) is 69.7 Å². The predicted octanol–water partition coefficient (Wildman–Crippen LogP) is 1.35. The molecule has 3 rings (SSSR count). The van der Waals surface area contributed by atoms with E-state index in [1.54, 1.807) is 0 Å². The molecular weight excluding hydrogens is 264 g/mol. The second-order valence-corrected chi connectivity index (χ2v) is 6.74. The third kappa shape index (κ3) is 3.69. The lowest BCUT2D eigenvalue weighted by atomic mass is 9.96. The van der Waals surface area contributed by atoms with E-state index < -0.39 is 0 Å². The zero-order valence-electron chi connectivity index (χ0n) is 13.5. The summed E-state index contributed by atoms with van der Waals surface area (Å²) in [5.74, 6) is 0.931. The summed E-state index contributed by atoms with van der Waals surface area (Å²) in [6, 6.07) is 1.18. The van der Waals surface area contributed by atoms with Crippen LogP contribution in [0.15, 0.2) is 4.99 Å². The van der Waals surface area contributed by atoms with Crippen LogP contribution in [0.25, 0.3) is 0 Å². The van der Waals surface area contributed by atoms with Gasteiger partial charge in [-0.25, -0.2) is 0 Å². The van der Waals surface area contributed by atoms with Crippen molar-refractivity contribution >= 4 is 5.96 Å². The first-order valence-corrected chi connectivity index (χ1v) is 8.63. The van der Waals surface area contributed by atoms with Gasteiger partial charge < -0.3 is 15.4 Å². The molecule has 2 bridgehead atoms. The Morgan fingerprint density at radius 2 is 2.19 bits per heavy atom.